The molecule has 1 aliphatic rings. The molecule has 1 aliphatic heterocycles. The Balaban J connectivity index is 1.76. The summed E-state index contributed by atoms with van der Waals surface area (Å²) in [5.41, 5.74) is 1.31. The number of hydrogen-bond donors (Lipinski definition) is 2. The minimum atomic E-state index is -1.39. The van der Waals surface area contributed by atoms with Crippen molar-refractivity contribution in [2.75, 3.05) is 6.61 Å². The number of ketones is 1. The lowest BCUT2D eigenvalue weighted by atomic mass is 9.98. The molecule has 1 saturated heterocycles. The molecule has 1 fully saturated rings. The number of aromatic hydroxyl groups is 1. The lowest BCUT2D eigenvalue weighted by Gasteiger charge is -2.43. The Morgan fingerprint density at radius 3 is 1.80 bits per heavy atom. The van der Waals surface area contributed by atoms with Gasteiger partial charge in [-0.2, -0.15) is 0 Å². The molecule has 0 amide bonds. The average molecular weight is 639 g/mol. The topological polar surface area (TPSA) is 181 Å². The van der Waals surface area contributed by atoms with E-state index in [1.165, 1.54) is 31.2 Å². The van der Waals surface area contributed by atoms with Gasteiger partial charge < -0.3 is 38.6 Å². The maximum absolute atomic E-state index is 12.1. The van der Waals surface area contributed by atoms with Crippen LogP contribution in [0.4, 0.5) is 0 Å². The van der Waals surface area contributed by atoms with Gasteiger partial charge in [0.25, 0.3) is 0 Å². The number of aliphatic hydroxyl groups excluding tert-OH is 1. The van der Waals surface area contributed by atoms with Crippen molar-refractivity contribution in [3.63, 3.8) is 0 Å². The van der Waals surface area contributed by atoms with E-state index in [1.54, 1.807) is 48.6 Å². The van der Waals surface area contributed by atoms with Gasteiger partial charge in [-0.25, -0.2) is 0 Å². The zero-order valence-electron chi connectivity index (χ0n) is 25.5. The van der Waals surface area contributed by atoms with Crippen molar-refractivity contribution in [3.05, 3.63) is 83.6 Å². The number of carbonyl (C=O) groups excluding carboxylic acids is 5. The van der Waals surface area contributed by atoms with Gasteiger partial charge in [0.1, 0.15) is 30.0 Å². The fourth-order valence-corrected chi connectivity index (χ4v) is 4.26. The van der Waals surface area contributed by atoms with Crippen molar-refractivity contribution >= 4 is 41.8 Å². The van der Waals surface area contributed by atoms with Crippen LogP contribution in [0.25, 0.3) is 12.2 Å². The molecule has 2 aromatic rings. The number of phenolic OH excluding ortho intramolecular Hbond substituents is 1. The van der Waals surface area contributed by atoms with E-state index in [-0.39, 0.29) is 17.3 Å². The van der Waals surface area contributed by atoms with Gasteiger partial charge in [-0.1, -0.05) is 36.4 Å². The number of benzene rings is 2. The van der Waals surface area contributed by atoms with Crippen LogP contribution in [0.5, 0.6) is 11.5 Å². The normalized spacial score (nSPS) is 21.4. The summed E-state index contributed by atoms with van der Waals surface area (Å²) >= 11 is 0. The summed E-state index contributed by atoms with van der Waals surface area (Å²) in [5, 5.41) is 19.5. The van der Waals surface area contributed by atoms with Crippen molar-refractivity contribution in [3.8, 4) is 11.5 Å². The molecule has 2 aromatic carbocycles. The van der Waals surface area contributed by atoms with Crippen molar-refractivity contribution < 1.29 is 62.6 Å². The number of ether oxygens (including phenoxy) is 6. The Morgan fingerprint density at radius 2 is 1.24 bits per heavy atom. The van der Waals surface area contributed by atoms with Crippen LogP contribution in [-0.4, -0.2) is 77.2 Å². The molecule has 5 atom stereocenters. The van der Waals surface area contributed by atoms with Gasteiger partial charge in [-0.15, -0.1) is 0 Å². The van der Waals surface area contributed by atoms with Crippen molar-refractivity contribution in [2.24, 2.45) is 0 Å². The van der Waals surface area contributed by atoms with E-state index >= 15 is 0 Å². The monoisotopic (exact) mass is 638 g/mol. The first kappa shape index (κ1) is 35.1. The van der Waals surface area contributed by atoms with E-state index < -0.39 is 67.0 Å². The summed E-state index contributed by atoms with van der Waals surface area (Å²) in [6.07, 6.45) is 0.0857. The summed E-state index contributed by atoms with van der Waals surface area (Å²) < 4.78 is 33.1. The summed E-state index contributed by atoms with van der Waals surface area (Å²) in [4.78, 5) is 59.5. The van der Waals surface area contributed by atoms with E-state index in [0.29, 0.717) is 11.1 Å². The third kappa shape index (κ3) is 11.2. The molecule has 46 heavy (non-hydrogen) atoms. The predicted octanol–water partition coefficient (Wildman–Crippen LogP) is 3.59. The summed E-state index contributed by atoms with van der Waals surface area (Å²) in [6, 6.07) is 12.6. The minimum Gasteiger partial charge on any atom is -0.508 e. The molecule has 0 radical (unpaired) electrons. The smallest absolute Gasteiger partial charge is 0.303 e. The average Bonchev–Trinajstić information content (AvgIpc) is 2.98. The first-order valence-electron chi connectivity index (χ1n) is 14.0. The molecule has 2 N–H and O–H groups in total. The molecule has 0 bridgehead atoms. The lowest BCUT2D eigenvalue weighted by Crippen LogP contribution is -2.63. The Hall–Kier alpha value is -5.43. The zero-order valence-corrected chi connectivity index (χ0v) is 25.5. The number of rotatable bonds is 12. The molecule has 0 aromatic heterocycles. The number of allylic oxidation sites excluding steroid dienone is 3. The second-order valence-electron chi connectivity index (χ2n) is 9.98. The fourth-order valence-electron chi connectivity index (χ4n) is 4.26. The number of aliphatic hydroxyl groups is 1. The largest absolute Gasteiger partial charge is 0.508 e. The highest BCUT2D eigenvalue weighted by Gasteiger charge is 2.53. The highest BCUT2D eigenvalue weighted by Crippen LogP contribution is 2.31. The standard InChI is InChI=1S/C33H34O13/c1-19(34)41-18-29-30(42-20(2)35)31(43-21(3)36)32(44-22(4)37)33(46-29)45-28-15-9-24(10-16-28)8-14-27(40)17-26(39)13-7-23-5-11-25(38)12-6-23/h5-17,29-33,38,40H,18H2,1-4H3/b13-7+,14-8+,27-17-/t29-,30-,31+,32-,33-/m1/s1. The quantitative estimate of drug-likeness (QED) is 0.113. The number of carbonyl (C=O) groups is 5. The Bertz CT molecular complexity index is 1490. The molecular formula is C33H34O13. The molecule has 0 aliphatic carbocycles. The van der Waals surface area contributed by atoms with E-state index in [0.717, 1.165) is 26.8 Å². The van der Waals surface area contributed by atoms with E-state index in [4.69, 9.17) is 28.4 Å². The summed E-state index contributed by atoms with van der Waals surface area (Å²) in [5.74, 6) is -3.34. The second-order valence-corrected chi connectivity index (χ2v) is 9.98. The Kier molecular flexibility index (Phi) is 12.6. The maximum Gasteiger partial charge on any atom is 0.303 e. The van der Waals surface area contributed by atoms with Crippen LogP contribution in [0.1, 0.15) is 38.8 Å². The van der Waals surface area contributed by atoms with E-state index in [1.807, 2.05) is 0 Å². The molecule has 1 heterocycles. The second kappa shape index (κ2) is 16.6. The molecule has 0 spiro atoms. The molecule has 0 saturated carbocycles. The van der Waals surface area contributed by atoms with Crippen molar-refractivity contribution in [2.45, 2.75) is 58.4 Å². The van der Waals surface area contributed by atoms with Crippen molar-refractivity contribution in [1.82, 2.24) is 0 Å². The highest BCUT2D eigenvalue weighted by atomic mass is 16.7. The van der Waals surface area contributed by atoms with Gasteiger partial charge in [-0.05, 0) is 47.5 Å². The van der Waals surface area contributed by atoms with Gasteiger partial charge >= 0.3 is 23.9 Å². The van der Waals surface area contributed by atoms with Crippen LogP contribution in [0.2, 0.25) is 0 Å². The predicted molar refractivity (Wildman–Crippen MR) is 161 cm³/mol. The lowest BCUT2D eigenvalue weighted by molar-refractivity contribution is -0.288. The Labute approximate surface area is 264 Å². The Morgan fingerprint density at radius 1 is 0.717 bits per heavy atom. The van der Waals surface area contributed by atoms with Crippen LogP contribution >= 0.6 is 0 Å². The number of esters is 4. The van der Waals surface area contributed by atoms with Gasteiger partial charge in [0.05, 0.1) is 0 Å². The molecule has 3 rings (SSSR count). The molecule has 13 heteroatoms. The van der Waals surface area contributed by atoms with Crippen LogP contribution in [-0.2, 0) is 47.7 Å². The third-order valence-corrected chi connectivity index (χ3v) is 6.15. The van der Waals surface area contributed by atoms with Gasteiger partial charge in [0.2, 0.25) is 12.4 Å². The zero-order chi connectivity index (χ0) is 33.8. The summed E-state index contributed by atoms with van der Waals surface area (Å²) in [6.45, 7) is 4.14. The number of phenols is 1. The van der Waals surface area contributed by atoms with Crippen LogP contribution in [0, 0.1) is 0 Å². The van der Waals surface area contributed by atoms with E-state index in [9.17, 15) is 34.2 Å². The first-order chi connectivity index (χ1) is 21.8. The molecule has 244 valence electrons. The SMILES string of the molecule is CC(=O)OC[C@H]1O[C@@H](Oc2ccc(/C=C/C(O)=C/C(=O)/C=C/c3ccc(O)cc3)cc2)[C@H](OC(C)=O)[C@@H](OC(C)=O)[C@@H]1OC(C)=O. The molecule has 0 unspecified atom stereocenters. The van der Waals surface area contributed by atoms with E-state index in [2.05, 4.69) is 0 Å². The summed E-state index contributed by atoms with van der Waals surface area (Å²) in [7, 11) is 0. The first-order valence-corrected chi connectivity index (χ1v) is 14.0. The van der Waals surface area contributed by atoms with Gasteiger partial charge in [-0.3, -0.25) is 24.0 Å². The number of hydrogen-bond acceptors (Lipinski definition) is 13. The third-order valence-electron chi connectivity index (χ3n) is 6.15. The highest BCUT2D eigenvalue weighted by molar-refractivity contribution is 6.02. The molecule has 13 nitrogen and oxygen atoms in total. The van der Waals surface area contributed by atoms with Crippen LogP contribution in [0.3, 0.4) is 0 Å². The van der Waals surface area contributed by atoms with Crippen molar-refractivity contribution in [1.29, 1.82) is 0 Å². The van der Waals surface area contributed by atoms with Gasteiger partial charge in [0, 0.05) is 33.8 Å². The minimum absolute atomic E-state index is 0.103. The molecular weight excluding hydrogens is 604 g/mol. The van der Waals surface area contributed by atoms with Crippen LogP contribution < -0.4 is 4.74 Å². The maximum atomic E-state index is 12.1. The fraction of sp³-hybridized carbons (Fsp3) is 0.303. The van der Waals surface area contributed by atoms with Crippen LogP contribution in [0.15, 0.2) is 72.5 Å². The van der Waals surface area contributed by atoms with Gasteiger partial charge in [0.15, 0.2) is 18.0 Å².